The standard InChI is InChI=1S/C24H27NO2/c1-19(2)27-23-14-12-20(13-15-23)16-25-17-22-10-6-7-11-24(22)26-18-21-8-4-3-5-9-21/h3-15,19,25H,16-18H2,1-2H3. The molecule has 0 aliphatic carbocycles. The first-order chi connectivity index (χ1) is 13.2. The zero-order valence-electron chi connectivity index (χ0n) is 16.0. The predicted molar refractivity (Wildman–Crippen MR) is 110 cm³/mol. The van der Waals surface area contributed by atoms with Crippen molar-refractivity contribution in [2.75, 3.05) is 0 Å². The molecular weight excluding hydrogens is 334 g/mol. The number of nitrogens with one attached hydrogen (secondary N) is 1. The van der Waals surface area contributed by atoms with E-state index in [-0.39, 0.29) is 6.10 Å². The quantitative estimate of drug-likeness (QED) is 0.558. The minimum atomic E-state index is 0.196. The summed E-state index contributed by atoms with van der Waals surface area (Å²) in [4.78, 5) is 0. The van der Waals surface area contributed by atoms with Crippen LogP contribution in [0.25, 0.3) is 0 Å². The average molecular weight is 361 g/mol. The number of hydrogen-bond acceptors (Lipinski definition) is 3. The smallest absolute Gasteiger partial charge is 0.124 e. The summed E-state index contributed by atoms with van der Waals surface area (Å²) in [6, 6.07) is 26.7. The Kier molecular flexibility index (Phi) is 6.89. The van der Waals surface area contributed by atoms with E-state index in [2.05, 4.69) is 35.6 Å². The zero-order chi connectivity index (χ0) is 18.9. The maximum Gasteiger partial charge on any atom is 0.124 e. The SMILES string of the molecule is CC(C)Oc1ccc(CNCc2ccccc2OCc2ccccc2)cc1. The molecule has 0 unspecified atom stereocenters. The highest BCUT2D eigenvalue weighted by atomic mass is 16.5. The first-order valence-electron chi connectivity index (χ1n) is 9.41. The Bertz CT molecular complexity index is 813. The van der Waals surface area contributed by atoms with Crippen molar-refractivity contribution in [3.05, 3.63) is 95.6 Å². The van der Waals surface area contributed by atoms with Crippen molar-refractivity contribution in [2.45, 2.75) is 39.6 Å². The lowest BCUT2D eigenvalue weighted by Gasteiger charge is -2.13. The molecular formula is C24H27NO2. The van der Waals surface area contributed by atoms with Crippen molar-refractivity contribution in [1.29, 1.82) is 0 Å². The molecule has 0 aliphatic rings. The molecule has 3 heteroatoms. The molecule has 3 aromatic rings. The van der Waals surface area contributed by atoms with Gasteiger partial charge in [0.25, 0.3) is 0 Å². The second-order valence-electron chi connectivity index (χ2n) is 6.80. The number of benzene rings is 3. The molecule has 0 heterocycles. The first-order valence-corrected chi connectivity index (χ1v) is 9.41. The molecule has 0 radical (unpaired) electrons. The van der Waals surface area contributed by atoms with Gasteiger partial charge in [-0.05, 0) is 43.2 Å². The number of para-hydroxylation sites is 1. The van der Waals surface area contributed by atoms with Gasteiger partial charge in [-0.3, -0.25) is 0 Å². The van der Waals surface area contributed by atoms with Crippen LogP contribution in [-0.2, 0) is 19.7 Å². The maximum atomic E-state index is 6.02. The van der Waals surface area contributed by atoms with E-state index < -0.39 is 0 Å². The van der Waals surface area contributed by atoms with Gasteiger partial charge in [-0.25, -0.2) is 0 Å². The number of hydrogen-bond donors (Lipinski definition) is 1. The van der Waals surface area contributed by atoms with Gasteiger partial charge in [0, 0.05) is 18.7 Å². The first kappa shape index (κ1) is 19.0. The monoisotopic (exact) mass is 361 g/mol. The largest absolute Gasteiger partial charge is 0.491 e. The average Bonchev–Trinajstić information content (AvgIpc) is 2.69. The summed E-state index contributed by atoms with van der Waals surface area (Å²) in [6.45, 7) is 6.21. The van der Waals surface area contributed by atoms with Crippen molar-refractivity contribution >= 4 is 0 Å². The van der Waals surface area contributed by atoms with Gasteiger partial charge in [0.2, 0.25) is 0 Å². The molecule has 0 saturated carbocycles. The predicted octanol–water partition coefficient (Wildman–Crippen LogP) is 5.34. The number of ether oxygens (including phenoxy) is 2. The molecule has 27 heavy (non-hydrogen) atoms. The van der Waals surface area contributed by atoms with Crippen molar-refractivity contribution in [2.24, 2.45) is 0 Å². The summed E-state index contributed by atoms with van der Waals surface area (Å²) in [6.07, 6.45) is 0.196. The fraction of sp³-hybridized carbons (Fsp3) is 0.250. The van der Waals surface area contributed by atoms with Crippen LogP contribution in [0.5, 0.6) is 11.5 Å². The van der Waals surface area contributed by atoms with E-state index in [1.807, 2.05) is 62.4 Å². The van der Waals surface area contributed by atoms with Gasteiger partial charge in [0.05, 0.1) is 6.10 Å². The summed E-state index contributed by atoms with van der Waals surface area (Å²) in [7, 11) is 0. The van der Waals surface area contributed by atoms with E-state index in [0.717, 1.165) is 30.2 Å². The molecule has 3 rings (SSSR count). The van der Waals surface area contributed by atoms with Crippen LogP contribution in [0.4, 0.5) is 0 Å². The highest BCUT2D eigenvalue weighted by Crippen LogP contribution is 2.20. The molecule has 140 valence electrons. The number of rotatable bonds is 9. The summed E-state index contributed by atoms with van der Waals surface area (Å²) in [5, 5.41) is 3.50. The van der Waals surface area contributed by atoms with Crippen LogP contribution in [0, 0.1) is 0 Å². The molecule has 3 aromatic carbocycles. The van der Waals surface area contributed by atoms with Crippen LogP contribution in [0.2, 0.25) is 0 Å². The normalized spacial score (nSPS) is 10.8. The summed E-state index contributed by atoms with van der Waals surface area (Å²) in [5.74, 6) is 1.84. The van der Waals surface area contributed by atoms with Crippen LogP contribution in [0.3, 0.4) is 0 Å². The lowest BCUT2D eigenvalue weighted by Crippen LogP contribution is -2.13. The molecule has 0 fully saturated rings. The van der Waals surface area contributed by atoms with Gasteiger partial charge >= 0.3 is 0 Å². The van der Waals surface area contributed by atoms with Gasteiger partial charge < -0.3 is 14.8 Å². The highest BCUT2D eigenvalue weighted by Gasteiger charge is 2.04. The third kappa shape index (κ3) is 6.15. The second-order valence-corrected chi connectivity index (χ2v) is 6.80. The third-order valence-corrected chi connectivity index (χ3v) is 4.15. The Morgan fingerprint density at radius 3 is 2.19 bits per heavy atom. The summed E-state index contributed by atoms with van der Waals surface area (Å²) < 4.78 is 11.7. The maximum absolute atomic E-state index is 6.02. The minimum Gasteiger partial charge on any atom is -0.491 e. The third-order valence-electron chi connectivity index (χ3n) is 4.15. The lowest BCUT2D eigenvalue weighted by atomic mass is 10.1. The molecule has 0 amide bonds. The Balaban J connectivity index is 1.52. The summed E-state index contributed by atoms with van der Waals surface area (Å²) in [5.41, 5.74) is 3.56. The van der Waals surface area contributed by atoms with Gasteiger partial charge in [-0.15, -0.1) is 0 Å². The van der Waals surface area contributed by atoms with Crippen molar-refractivity contribution in [3.63, 3.8) is 0 Å². The van der Waals surface area contributed by atoms with E-state index in [1.165, 1.54) is 11.1 Å². The Labute approximate surface area is 162 Å². The van der Waals surface area contributed by atoms with Gasteiger partial charge in [0.1, 0.15) is 18.1 Å². The fourth-order valence-electron chi connectivity index (χ4n) is 2.83. The van der Waals surface area contributed by atoms with E-state index >= 15 is 0 Å². The van der Waals surface area contributed by atoms with E-state index in [0.29, 0.717) is 6.61 Å². The van der Waals surface area contributed by atoms with E-state index in [1.54, 1.807) is 0 Å². The molecule has 0 atom stereocenters. The minimum absolute atomic E-state index is 0.196. The van der Waals surface area contributed by atoms with Crippen LogP contribution in [0.1, 0.15) is 30.5 Å². The Morgan fingerprint density at radius 2 is 1.44 bits per heavy atom. The lowest BCUT2D eigenvalue weighted by molar-refractivity contribution is 0.242. The van der Waals surface area contributed by atoms with Crippen LogP contribution in [-0.4, -0.2) is 6.10 Å². The topological polar surface area (TPSA) is 30.5 Å². The molecule has 0 aromatic heterocycles. The zero-order valence-corrected chi connectivity index (χ0v) is 16.0. The molecule has 0 spiro atoms. The van der Waals surface area contributed by atoms with E-state index in [4.69, 9.17) is 9.47 Å². The Morgan fingerprint density at radius 1 is 0.741 bits per heavy atom. The van der Waals surface area contributed by atoms with Crippen LogP contribution < -0.4 is 14.8 Å². The molecule has 0 saturated heterocycles. The fourth-order valence-corrected chi connectivity index (χ4v) is 2.83. The van der Waals surface area contributed by atoms with Gasteiger partial charge in [-0.2, -0.15) is 0 Å². The molecule has 3 nitrogen and oxygen atoms in total. The van der Waals surface area contributed by atoms with Gasteiger partial charge in [-0.1, -0.05) is 60.7 Å². The Hall–Kier alpha value is -2.78. The van der Waals surface area contributed by atoms with Crippen molar-refractivity contribution in [1.82, 2.24) is 5.32 Å². The van der Waals surface area contributed by atoms with Crippen LogP contribution in [0.15, 0.2) is 78.9 Å². The van der Waals surface area contributed by atoms with Crippen LogP contribution >= 0.6 is 0 Å². The highest BCUT2D eigenvalue weighted by molar-refractivity contribution is 5.34. The summed E-state index contributed by atoms with van der Waals surface area (Å²) >= 11 is 0. The molecule has 1 N–H and O–H groups in total. The van der Waals surface area contributed by atoms with Gasteiger partial charge in [0.15, 0.2) is 0 Å². The molecule has 0 aliphatic heterocycles. The van der Waals surface area contributed by atoms with Crippen molar-refractivity contribution in [3.8, 4) is 11.5 Å². The van der Waals surface area contributed by atoms with Crippen molar-refractivity contribution < 1.29 is 9.47 Å². The van der Waals surface area contributed by atoms with E-state index in [9.17, 15) is 0 Å². The second kappa shape index (κ2) is 9.79. The molecule has 0 bridgehead atoms.